The lowest BCUT2D eigenvalue weighted by Crippen LogP contribution is -2.26. The van der Waals surface area contributed by atoms with E-state index in [0.717, 1.165) is 29.0 Å². The van der Waals surface area contributed by atoms with E-state index >= 15 is 0 Å². The van der Waals surface area contributed by atoms with Gasteiger partial charge in [0.1, 0.15) is 11.6 Å². The summed E-state index contributed by atoms with van der Waals surface area (Å²) in [5.74, 6) is -2.38. The number of hydrogen-bond acceptors (Lipinski definition) is 6. The molecule has 0 saturated carbocycles. The summed E-state index contributed by atoms with van der Waals surface area (Å²) in [6.07, 6.45) is 4.20. The maximum Gasteiger partial charge on any atom is 0.227 e. The molecule has 6 nitrogen and oxygen atoms in total. The number of nitrogens with one attached hydrogen (secondary N) is 1. The number of sulfone groups is 1. The predicted molar refractivity (Wildman–Crippen MR) is 126 cm³/mol. The summed E-state index contributed by atoms with van der Waals surface area (Å²) in [7, 11) is -3.52. The standard InChI is InChI=1S/C23H21ClF2N4O2S/c1-23(2)12-27-9-14-5-4-13(6-16(14)23)21-17(24)10-28-22(30-21)29-20-7-15(11-33(3,31)32)18(25)8-19(20)26/h4-10H,11-12H2,1-3H3,(H,28,29,30). The summed E-state index contributed by atoms with van der Waals surface area (Å²) in [6.45, 7) is 4.87. The van der Waals surface area contributed by atoms with Crippen LogP contribution in [0.3, 0.4) is 0 Å². The normalized spacial score (nSPS) is 14.7. The number of benzene rings is 2. The molecule has 0 spiro atoms. The first-order valence-corrected chi connectivity index (χ1v) is 12.5. The van der Waals surface area contributed by atoms with Gasteiger partial charge in [0.15, 0.2) is 9.84 Å². The third kappa shape index (κ3) is 5.04. The van der Waals surface area contributed by atoms with E-state index in [-0.39, 0.29) is 22.6 Å². The molecule has 1 N–H and O–H groups in total. The van der Waals surface area contributed by atoms with Crippen LogP contribution in [0.25, 0.3) is 11.3 Å². The van der Waals surface area contributed by atoms with Crippen molar-refractivity contribution in [3.8, 4) is 11.3 Å². The van der Waals surface area contributed by atoms with E-state index in [1.54, 1.807) is 0 Å². The number of aromatic nitrogens is 2. The van der Waals surface area contributed by atoms with E-state index in [4.69, 9.17) is 11.6 Å². The predicted octanol–water partition coefficient (Wildman–Crippen LogP) is 5.07. The number of anilines is 2. The second-order valence-electron chi connectivity index (χ2n) is 8.66. The van der Waals surface area contributed by atoms with Gasteiger partial charge in [0.05, 0.1) is 28.4 Å². The summed E-state index contributed by atoms with van der Waals surface area (Å²) in [4.78, 5) is 12.9. The summed E-state index contributed by atoms with van der Waals surface area (Å²) < 4.78 is 51.6. The molecule has 10 heteroatoms. The Kier molecular flexibility index (Phi) is 5.96. The molecule has 172 valence electrons. The van der Waals surface area contributed by atoms with Gasteiger partial charge in [0.2, 0.25) is 5.95 Å². The molecule has 0 amide bonds. The van der Waals surface area contributed by atoms with Crippen LogP contribution in [0, 0.1) is 11.6 Å². The van der Waals surface area contributed by atoms with Crippen LogP contribution in [-0.4, -0.2) is 37.4 Å². The zero-order chi connectivity index (χ0) is 24.0. The summed E-state index contributed by atoms with van der Waals surface area (Å²) in [5, 5.41) is 3.01. The van der Waals surface area contributed by atoms with E-state index in [2.05, 4.69) is 34.1 Å². The molecule has 3 aromatic rings. The number of halogens is 3. The Bertz CT molecular complexity index is 1390. The summed E-state index contributed by atoms with van der Waals surface area (Å²) in [5.41, 5.74) is 2.85. The Hall–Kier alpha value is -2.91. The van der Waals surface area contributed by atoms with Crippen molar-refractivity contribution in [3.05, 3.63) is 69.9 Å². The maximum atomic E-state index is 14.4. The third-order valence-corrected chi connectivity index (χ3v) is 6.43. The van der Waals surface area contributed by atoms with E-state index in [1.807, 2.05) is 24.4 Å². The Morgan fingerprint density at radius 3 is 2.64 bits per heavy atom. The molecule has 1 aromatic heterocycles. The average molecular weight is 491 g/mol. The molecule has 4 rings (SSSR count). The van der Waals surface area contributed by atoms with Crippen molar-refractivity contribution in [3.63, 3.8) is 0 Å². The van der Waals surface area contributed by atoms with Gasteiger partial charge in [-0.1, -0.05) is 37.6 Å². The molecule has 0 saturated heterocycles. The highest BCUT2D eigenvalue weighted by molar-refractivity contribution is 7.89. The molecule has 1 aliphatic heterocycles. The fourth-order valence-electron chi connectivity index (χ4n) is 3.69. The number of aliphatic imine (C=N–C) groups is 1. The van der Waals surface area contributed by atoms with Crippen molar-refractivity contribution in [1.82, 2.24) is 9.97 Å². The lowest BCUT2D eigenvalue weighted by atomic mass is 9.79. The van der Waals surface area contributed by atoms with Gasteiger partial charge in [-0.15, -0.1) is 0 Å². The molecular weight excluding hydrogens is 470 g/mol. The second-order valence-corrected chi connectivity index (χ2v) is 11.2. The van der Waals surface area contributed by atoms with Gasteiger partial charge in [0, 0.05) is 41.6 Å². The first-order chi connectivity index (χ1) is 15.4. The molecule has 0 aliphatic carbocycles. The van der Waals surface area contributed by atoms with Crippen molar-refractivity contribution in [2.45, 2.75) is 25.0 Å². The fourth-order valence-corrected chi connectivity index (χ4v) is 4.68. The van der Waals surface area contributed by atoms with Crippen LogP contribution < -0.4 is 5.32 Å². The van der Waals surface area contributed by atoms with Gasteiger partial charge < -0.3 is 5.32 Å². The van der Waals surface area contributed by atoms with Gasteiger partial charge >= 0.3 is 0 Å². The molecule has 2 heterocycles. The average Bonchev–Trinajstić information content (AvgIpc) is 2.72. The summed E-state index contributed by atoms with van der Waals surface area (Å²) >= 11 is 6.37. The molecule has 0 bridgehead atoms. The molecule has 0 atom stereocenters. The van der Waals surface area contributed by atoms with E-state index < -0.39 is 27.2 Å². The minimum Gasteiger partial charge on any atom is -0.322 e. The van der Waals surface area contributed by atoms with Gasteiger partial charge in [-0.05, 0) is 23.3 Å². The van der Waals surface area contributed by atoms with Crippen molar-refractivity contribution in [1.29, 1.82) is 0 Å². The van der Waals surface area contributed by atoms with Gasteiger partial charge in [0.25, 0.3) is 0 Å². The minimum absolute atomic E-state index is 0.0313. The Morgan fingerprint density at radius 2 is 1.91 bits per heavy atom. The van der Waals surface area contributed by atoms with Crippen molar-refractivity contribution < 1.29 is 17.2 Å². The maximum absolute atomic E-state index is 14.4. The van der Waals surface area contributed by atoms with Crippen LogP contribution in [0.15, 0.2) is 41.5 Å². The molecule has 1 aliphatic rings. The van der Waals surface area contributed by atoms with Crippen LogP contribution in [0.4, 0.5) is 20.4 Å². The highest BCUT2D eigenvalue weighted by Gasteiger charge is 2.26. The monoisotopic (exact) mass is 490 g/mol. The second kappa shape index (κ2) is 8.46. The minimum atomic E-state index is -3.52. The Balaban J connectivity index is 1.71. The van der Waals surface area contributed by atoms with E-state index in [0.29, 0.717) is 23.3 Å². The highest BCUT2D eigenvalue weighted by Crippen LogP contribution is 2.35. The molecular formula is C23H21ClF2N4O2S. The Morgan fingerprint density at radius 1 is 1.15 bits per heavy atom. The van der Waals surface area contributed by atoms with Crippen LogP contribution in [0.5, 0.6) is 0 Å². The lowest BCUT2D eigenvalue weighted by molar-refractivity contribution is 0.534. The molecule has 2 aromatic carbocycles. The SMILES string of the molecule is CC1(C)CN=Cc2ccc(-c3nc(Nc4cc(CS(C)(=O)=O)c(F)cc4F)ncc3Cl)cc21. The molecule has 0 radical (unpaired) electrons. The molecule has 0 fully saturated rings. The third-order valence-electron chi connectivity index (χ3n) is 5.32. The van der Waals surface area contributed by atoms with Gasteiger partial charge in [-0.2, -0.15) is 0 Å². The number of hydrogen-bond donors (Lipinski definition) is 1. The van der Waals surface area contributed by atoms with Gasteiger partial charge in [-0.3, -0.25) is 4.99 Å². The van der Waals surface area contributed by atoms with E-state index in [9.17, 15) is 17.2 Å². The largest absolute Gasteiger partial charge is 0.322 e. The fraction of sp³-hybridized carbons (Fsp3) is 0.261. The quantitative estimate of drug-likeness (QED) is 0.539. The summed E-state index contributed by atoms with van der Waals surface area (Å²) in [6, 6.07) is 7.54. The Labute approximate surface area is 195 Å². The topological polar surface area (TPSA) is 84.3 Å². The van der Waals surface area contributed by atoms with Crippen LogP contribution in [0.1, 0.15) is 30.5 Å². The smallest absolute Gasteiger partial charge is 0.227 e. The van der Waals surface area contributed by atoms with Crippen LogP contribution in [0.2, 0.25) is 5.02 Å². The zero-order valence-corrected chi connectivity index (χ0v) is 19.7. The van der Waals surface area contributed by atoms with Gasteiger partial charge in [-0.25, -0.2) is 27.2 Å². The lowest BCUT2D eigenvalue weighted by Gasteiger charge is -2.28. The van der Waals surface area contributed by atoms with E-state index in [1.165, 1.54) is 6.20 Å². The van der Waals surface area contributed by atoms with Crippen LogP contribution in [-0.2, 0) is 21.0 Å². The molecule has 33 heavy (non-hydrogen) atoms. The first-order valence-electron chi connectivity index (χ1n) is 10.0. The van der Waals surface area contributed by atoms with Crippen molar-refractivity contribution in [2.75, 3.05) is 18.1 Å². The number of rotatable bonds is 5. The van der Waals surface area contributed by atoms with Crippen LogP contribution >= 0.6 is 11.6 Å². The zero-order valence-electron chi connectivity index (χ0n) is 18.2. The highest BCUT2D eigenvalue weighted by atomic mass is 35.5. The molecule has 0 unspecified atom stereocenters. The number of fused-ring (bicyclic) bond motifs is 1. The van der Waals surface area contributed by atoms with Crippen molar-refractivity contribution >= 4 is 39.3 Å². The first kappa shape index (κ1) is 23.3. The number of nitrogens with zero attached hydrogens (tertiary/aromatic N) is 3. The van der Waals surface area contributed by atoms with Crippen molar-refractivity contribution in [2.24, 2.45) is 4.99 Å².